The fourth-order valence-electron chi connectivity index (χ4n) is 3.16. The van der Waals surface area contributed by atoms with Gasteiger partial charge in [0.05, 0.1) is 18.4 Å². The number of pyridine rings is 1. The highest BCUT2D eigenvalue weighted by Gasteiger charge is 2.24. The molecule has 0 N–H and O–H groups in total. The van der Waals surface area contributed by atoms with Crippen LogP contribution in [0.5, 0.6) is 0 Å². The molecule has 1 aliphatic rings. The Bertz CT molecular complexity index is 678. The number of hydrogen-bond acceptors (Lipinski definition) is 4. The van der Waals surface area contributed by atoms with Crippen LogP contribution in [0.1, 0.15) is 48.7 Å². The van der Waals surface area contributed by atoms with Crippen LogP contribution in [-0.4, -0.2) is 46.5 Å². The molecule has 3 heterocycles. The number of nitrogens with zero attached hydrogens (tertiary/aromatic N) is 3. The number of likely N-dealkylation sites (tertiary alicyclic amines) is 1. The Morgan fingerprint density at radius 2 is 2.27 bits per heavy atom. The molecule has 2 aromatic heterocycles. The highest BCUT2D eigenvalue weighted by Crippen LogP contribution is 2.27. The largest absolute Gasteiger partial charge is 0.465 e. The van der Waals surface area contributed by atoms with Crippen LogP contribution in [0.25, 0.3) is 5.65 Å². The summed E-state index contributed by atoms with van der Waals surface area (Å²) >= 11 is 0. The van der Waals surface area contributed by atoms with Crippen molar-refractivity contribution >= 4 is 11.6 Å². The van der Waals surface area contributed by atoms with Crippen molar-refractivity contribution in [3.63, 3.8) is 0 Å². The second kappa shape index (κ2) is 6.08. The molecule has 5 nitrogen and oxygen atoms in total. The molecule has 0 spiro atoms. The van der Waals surface area contributed by atoms with Gasteiger partial charge >= 0.3 is 5.97 Å². The Kier molecular flexibility index (Phi) is 4.16. The van der Waals surface area contributed by atoms with Crippen LogP contribution in [0.3, 0.4) is 0 Å². The van der Waals surface area contributed by atoms with E-state index in [0.717, 1.165) is 17.9 Å². The summed E-state index contributed by atoms with van der Waals surface area (Å²) in [5, 5.41) is 0. The topological polar surface area (TPSA) is 46.8 Å². The molecular weight excluding hydrogens is 278 g/mol. The molecule has 0 radical (unpaired) electrons. The summed E-state index contributed by atoms with van der Waals surface area (Å²) in [6.07, 6.45) is 6.35. The predicted octanol–water partition coefficient (Wildman–Crippen LogP) is 2.71. The zero-order valence-electron chi connectivity index (χ0n) is 13.5. The number of esters is 1. The minimum Gasteiger partial charge on any atom is -0.465 e. The first-order chi connectivity index (χ1) is 10.6. The molecule has 22 heavy (non-hydrogen) atoms. The van der Waals surface area contributed by atoms with E-state index in [-0.39, 0.29) is 5.97 Å². The van der Waals surface area contributed by atoms with Crippen LogP contribution in [0, 0.1) is 0 Å². The molecule has 0 aromatic carbocycles. The summed E-state index contributed by atoms with van der Waals surface area (Å²) in [4.78, 5) is 18.9. The highest BCUT2D eigenvalue weighted by atomic mass is 16.5. The van der Waals surface area contributed by atoms with Crippen molar-refractivity contribution in [1.82, 2.24) is 14.3 Å². The van der Waals surface area contributed by atoms with Gasteiger partial charge in [0.1, 0.15) is 5.65 Å². The number of carbonyl (C=O) groups excluding carboxylic acids is 1. The van der Waals surface area contributed by atoms with Crippen molar-refractivity contribution < 1.29 is 9.53 Å². The molecule has 2 aromatic rings. The lowest BCUT2D eigenvalue weighted by molar-refractivity contribution is 0.0600. The van der Waals surface area contributed by atoms with Gasteiger partial charge in [0, 0.05) is 30.9 Å². The molecule has 3 rings (SSSR count). The first-order valence-corrected chi connectivity index (χ1v) is 7.89. The average molecular weight is 301 g/mol. The normalized spacial score (nSPS) is 19.7. The Morgan fingerprint density at radius 1 is 1.45 bits per heavy atom. The van der Waals surface area contributed by atoms with Gasteiger partial charge in [-0.15, -0.1) is 0 Å². The van der Waals surface area contributed by atoms with E-state index in [4.69, 9.17) is 9.72 Å². The first-order valence-electron chi connectivity index (χ1n) is 7.89. The van der Waals surface area contributed by atoms with Crippen molar-refractivity contribution in [3.05, 3.63) is 35.8 Å². The SMILES string of the molecule is COC(=O)c1ccn2cc(C3CCCN(C(C)C)C3)nc2c1. The molecule has 0 amide bonds. The third kappa shape index (κ3) is 2.86. The molecule has 0 bridgehead atoms. The zero-order chi connectivity index (χ0) is 15.7. The second-order valence-corrected chi connectivity index (χ2v) is 6.27. The van der Waals surface area contributed by atoms with E-state index in [2.05, 4.69) is 24.9 Å². The van der Waals surface area contributed by atoms with E-state index in [1.54, 1.807) is 12.1 Å². The van der Waals surface area contributed by atoms with Crippen molar-refractivity contribution in [3.8, 4) is 0 Å². The Hall–Kier alpha value is -1.88. The lowest BCUT2D eigenvalue weighted by atomic mass is 9.94. The van der Waals surface area contributed by atoms with E-state index < -0.39 is 0 Å². The number of hydrogen-bond donors (Lipinski definition) is 0. The van der Waals surface area contributed by atoms with Gasteiger partial charge in [0.2, 0.25) is 0 Å². The molecule has 1 aliphatic heterocycles. The van der Waals surface area contributed by atoms with Crippen LogP contribution >= 0.6 is 0 Å². The van der Waals surface area contributed by atoms with Crippen molar-refractivity contribution in [2.75, 3.05) is 20.2 Å². The average Bonchev–Trinajstić information content (AvgIpc) is 2.97. The first kappa shape index (κ1) is 15.0. The second-order valence-electron chi connectivity index (χ2n) is 6.27. The smallest absolute Gasteiger partial charge is 0.338 e. The van der Waals surface area contributed by atoms with Crippen LogP contribution in [0.15, 0.2) is 24.5 Å². The number of methoxy groups -OCH3 is 1. The molecule has 1 atom stereocenters. The van der Waals surface area contributed by atoms with Crippen molar-refractivity contribution in [2.45, 2.75) is 38.6 Å². The van der Waals surface area contributed by atoms with Gasteiger partial charge in [-0.3, -0.25) is 0 Å². The Morgan fingerprint density at radius 3 is 3.00 bits per heavy atom. The third-order valence-corrected chi connectivity index (χ3v) is 4.50. The quantitative estimate of drug-likeness (QED) is 0.818. The van der Waals surface area contributed by atoms with E-state index in [9.17, 15) is 4.79 Å². The molecule has 0 aliphatic carbocycles. The van der Waals surface area contributed by atoms with E-state index in [0.29, 0.717) is 17.5 Å². The number of piperidine rings is 1. The van der Waals surface area contributed by atoms with Gasteiger partial charge in [-0.05, 0) is 45.4 Å². The van der Waals surface area contributed by atoms with Crippen molar-refractivity contribution in [1.29, 1.82) is 0 Å². The monoisotopic (exact) mass is 301 g/mol. The number of aromatic nitrogens is 2. The third-order valence-electron chi connectivity index (χ3n) is 4.50. The minimum absolute atomic E-state index is 0.323. The maximum atomic E-state index is 11.6. The Balaban J connectivity index is 1.87. The summed E-state index contributed by atoms with van der Waals surface area (Å²) < 4.78 is 6.75. The van der Waals surface area contributed by atoms with Crippen molar-refractivity contribution in [2.24, 2.45) is 0 Å². The number of rotatable bonds is 3. The molecule has 5 heteroatoms. The zero-order valence-corrected chi connectivity index (χ0v) is 13.5. The number of imidazole rings is 1. The summed E-state index contributed by atoms with van der Waals surface area (Å²) in [7, 11) is 1.39. The van der Waals surface area contributed by atoms with Gasteiger partial charge in [-0.1, -0.05) is 0 Å². The lowest BCUT2D eigenvalue weighted by Gasteiger charge is -2.34. The Labute approximate surface area is 130 Å². The van der Waals surface area contributed by atoms with Gasteiger partial charge in [-0.2, -0.15) is 0 Å². The molecule has 0 saturated carbocycles. The molecule has 1 saturated heterocycles. The van der Waals surface area contributed by atoms with Crippen LogP contribution in [0.2, 0.25) is 0 Å². The maximum Gasteiger partial charge on any atom is 0.338 e. The van der Waals surface area contributed by atoms with Gasteiger partial charge in [0.15, 0.2) is 0 Å². The number of ether oxygens (including phenoxy) is 1. The number of fused-ring (bicyclic) bond motifs is 1. The summed E-state index contributed by atoms with van der Waals surface area (Å²) in [5.74, 6) is 0.147. The van der Waals surface area contributed by atoms with Gasteiger partial charge < -0.3 is 14.0 Å². The van der Waals surface area contributed by atoms with Crippen LogP contribution < -0.4 is 0 Å². The highest BCUT2D eigenvalue weighted by molar-refractivity contribution is 5.90. The minimum atomic E-state index is -0.323. The molecular formula is C17H23N3O2. The van der Waals surface area contributed by atoms with Crippen LogP contribution in [0.4, 0.5) is 0 Å². The fraction of sp³-hybridized carbons (Fsp3) is 0.529. The van der Waals surface area contributed by atoms with E-state index in [1.807, 2.05) is 10.6 Å². The lowest BCUT2D eigenvalue weighted by Crippen LogP contribution is -2.39. The standard InChI is InChI=1S/C17H23N3O2/c1-12(2)19-7-4-5-14(10-19)15-11-20-8-6-13(17(21)22-3)9-16(20)18-15/h6,8-9,11-12,14H,4-5,7,10H2,1-3H3. The van der Waals surface area contributed by atoms with E-state index in [1.165, 1.54) is 26.5 Å². The van der Waals surface area contributed by atoms with E-state index >= 15 is 0 Å². The fourth-order valence-corrected chi connectivity index (χ4v) is 3.16. The molecule has 118 valence electrons. The number of carbonyl (C=O) groups is 1. The molecule has 1 fully saturated rings. The maximum absolute atomic E-state index is 11.6. The summed E-state index contributed by atoms with van der Waals surface area (Å²) in [5.41, 5.74) is 2.46. The predicted molar refractivity (Wildman–Crippen MR) is 85.2 cm³/mol. The summed E-state index contributed by atoms with van der Waals surface area (Å²) in [6.45, 7) is 6.73. The van der Waals surface area contributed by atoms with Gasteiger partial charge in [0.25, 0.3) is 0 Å². The van der Waals surface area contributed by atoms with Crippen LogP contribution in [-0.2, 0) is 4.74 Å². The molecule has 1 unspecified atom stereocenters. The van der Waals surface area contributed by atoms with Gasteiger partial charge in [-0.25, -0.2) is 9.78 Å². The summed E-state index contributed by atoms with van der Waals surface area (Å²) in [6, 6.07) is 4.13.